The van der Waals surface area contributed by atoms with Crippen molar-refractivity contribution in [2.24, 2.45) is 7.05 Å². The Morgan fingerprint density at radius 3 is 2.48 bits per heavy atom. The van der Waals surface area contributed by atoms with Crippen LogP contribution in [0, 0.1) is 6.92 Å². The predicted molar refractivity (Wildman–Crippen MR) is 108 cm³/mol. The van der Waals surface area contributed by atoms with Crippen LogP contribution in [0.3, 0.4) is 0 Å². The Hall–Kier alpha value is -3.20. The third-order valence-corrected chi connectivity index (χ3v) is 5.01. The molecule has 0 amide bonds. The van der Waals surface area contributed by atoms with Gasteiger partial charge >= 0.3 is 0 Å². The number of benzene rings is 2. The van der Waals surface area contributed by atoms with E-state index in [1.165, 1.54) is 16.5 Å². The molecule has 0 aliphatic carbocycles. The normalized spacial score (nSPS) is 11.0. The van der Waals surface area contributed by atoms with Gasteiger partial charge in [0.15, 0.2) is 12.4 Å². The lowest BCUT2D eigenvalue weighted by atomic mass is 10.1. The molecule has 4 aromatic rings. The number of rotatable bonds is 5. The van der Waals surface area contributed by atoms with Gasteiger partial charge in [-0.2, -0.15) is 4.57 Å². The highest BCUT2D eigenvalue weighted by atomic mass is 16.1. The number of ketones is 1. The van der Waals surface area contributed by atoms with Gasteiger partial charge in [0.1, 0.15) is 5.52 Å². The van der Waals surface area contributed by atoms with Crippen molar-refractivity contribution < 1.29 is 9.36 Å². The molecule has 0 fully saturated rings. The molecule has 0 spiro atoms. The molecule has 3 heteroatoms. The molecule has 0 radical (unpaired) electrons. The minimum absolute atomic E-state index is 0.123. The molecule has 134 valence electrons. The Kier molecular flexibility index (Phi) is 4.59. The number of carbonyl (C=O) groups excluding carboxylic acids is 1. The minimum Gasteiger partial charge on any atom is -0.345 e. The molecule has 0 saturated carbocycles. The number of carbonyl (C=O) groups is 1. The van der Waals surface area contributed by atoms with Gasteiger partial charge in [0.25, 0.3) is 0 Å². The molecule has 2 aromatic heterocycles. The van der Waals surface area contributed by atoms with E-state index < -0.39 is 0 Å². The van der Waals surface area contributed by atoms with Crippen LogP contribution < -0.4 is 4.57 Å². The van der Waals surface area contributed by atoms with Gasteiger partial charge in [-0.05, 0) is 24.5 Å². The number of aryl methyl sites for hydroxylation is 2. The van der Waals surface area contributed by atoms with Crippen LogP contribution in [0.4, 0.5) is 0 Å². The van der Waals surface area contributed by atoms with E-state index in [2.05, 4.69) is 54.3 Å². The number of Topliss-reactive ketones (excluding diaryl/α,β-unsaturated/α-hetero) is 1. The molecule has 4 rings (SSSR count). The quantitative estimate of drug-likeness (QED) is 0.388. The summed E-state index contributed by atoms with van der Waals surface area (Å²) in [7, 11) is 2.06. The fourth-order valence-corrected chi connectivity index (χ4v) is 3.50. The van der Waals surface area contributed by atoms with Crippen LogP contribution in [-0.2, 0) is 20.0 Å². The number of nitrogens with zero attached hydrogens (tertiary/aromatic N) is 2. The highest BCUT2D eigenvalue weighted by molar-refractivity contribution is 5.95. The summed E-state index contributed by atoms with van der Waals surface area (Å²) < 4.78 is 4.11. The molecule has 0 unspecified atom stereocenters. The summed E-state index contributed by atoms with van der Waals surface area (Å²) in [5, 5.41) is 1.24. The second-order valence-electron chi connectivity index (χ2n) is 7.13. The van der Waals surface area contributed by atoms with Gasteiger partial charge in [0.05, 0.1) is 0 Å². The van der Waals surface area contributed by atoms with Crippen molar-refractivity contribution in [2.75, 3.05) is 0 Å². The average Bonchev–Trinajstić information content (AvgIpc) is 2.98. The van der Waals surface area contributed by atoms with Gasteiger partial charge < -0.3 is 4.57 Å². The largest absolute Gasteiger partial charge is 0.345 e. The molecule has 2 heterocycles. The SMILES string of the molecule is Cc1ccc(C(=O)C[n+]2ccc3c(Cc4ccccc4)cn(C)c3c2)cc1. The van der Waals surface area contributed by atoms with Crippen molar-refractivity contribution in [3.8, 4) is 0 Å². The summed E-state index contributed by atoms with van der Waals surface area (Å²) >= 11 is 0. The van der Waals surface area contributed by atoms with E-state index in [9.17, 15) is 4.79 Å². The average molecular weight is 355 g/mol. The van der Waals surface area contributed by atoms with Crippen LogP contribution in [0.15, 0.2) is 79.3 Å². The molecule has 0 atom stereocenters. The van der Waals surface area contributed by atoms with Crippen molar-refractivity contribution in [3.63, 3.8) is 0 Å². The first-order valence-corrected chi connectivity index (χ1v) is 9.21. The van der Waals surface area contributed by atoms with E-state index in [1.54, 1.807) is 0 Å². The van der Waals surface area contributed by atoms with E-state index in [-0.39, 0.29) is 5.78 Å². The lowest BCUT2D eigenvalue weighted by molar-refractivity contribution is -0.682. The van der Waals surface area contributed by atoms with Gasteiger partial charge in [-0.1, -0.05) is 60.2 Å². The van der Waals surface area contributed by atoms with Crippen LogP contribution in [-0.4, -0.2) is 10.4 Å². The standard InChI is InChI=1S/C24H23N2O/c1-18-8-10-20(11-9-18)24(27)17-26-13-12-22-21(15-25(2)23(22)16-26)14-19-6-4-3-5-7-19/h3-13,15-16H,14,17H2,1-2H3/q+1. The highest BCUT2D eigenvalue weighted by Gasteiger charge is 2.15. The molecular formula is C24H23N2O+. The molecule has 0 aliphatic rings. The van der Waals surface area contributed by atoms with Crippen LogP contribution in [0.25, 0.3) is 10.9 Å². The number of pyridine rings is 1. The van der Waals surface area contributed by atoms with Crippen LogP contribution in [0.5, 0.6) is 0 Å². The maximum Gasteiger partial charge on any atom is 0.227 e. The lowest BCUT2D eigenvalue weighted by Gasteiger charge is -2.01. The predicted octanol–water partition coefficient (Wildman–Crippen LogP) is 4.25. The molecule has 0 saturated heterocycles. The highest BCUT2D eigenvalue weighted by Crippen LogP contribution is 2.21. The van der Waals surface area contributed by atoms with Gasteiger partial charge in [-0.3, -0.25) is 4.79 Å². The number of aromatic nitrogens is 2. The zero-order valence-corrected chi connectivity index (χ0v) is 15.7. The maximum atomic E-state index is 12.6. The first-order chi connectivity index (χ1) is 13.1. The molecule has 3 nitrogen and oxygen atoms in total. The number of fused-ring (bicyclic) bond motifs is 1. The Labute approximate surface area is 159 Å². The Morgan fingerprint density at radius 2 is 1.74 bits per heavy atom. The van der Waals surface area contributed by atoms with E-state index in [4.69, 9.17) is 0 Å². The van der Waals surface area contributed by atoms with Gasteiger partial charge in [0.2, 0.25) is 12.3 Å². The third-order valence-electron chi connectivity index (χ3n) is 5.01. The Morgan fingerprint density at radius 1 is 1.00 bits per heavy atom. The topological polar surface area (TPSA) is 25.9 Å². The molecule has 27 heavy (non-hydrogen) atoms. The van der Waals surface area contributed by atoms with E-state index in [1.807, 2.05) is 48.0 Å². The van der Waals surface area contributed by atoms with Gasteiger partial charge in [0, 0.05) is 30.3 Å². The third kappa shape index (κ3) is 3.68. The summed E-state index contributed by atoms with van der Waals surface area (Å²) in [5.74, 6) is 0.123. The van der Waals surface area contributed by atoms with Crippen LogP contribution in [0.1, 0.15) is 27.0 Å². The second-order valence-corrected chi connectivity index (χ2v) is 7.13. The first-order valence-electron chi connectivity index (χ1n) is 9.21. The summed E-state index contributed by atoms with van der Waals surface area (Å²) in [5.41, 5.74) is 5.66. The smallest absolute Gasteiger partial charge is 0.227 e. The van der Waals surface area contributed by atoms with Crippen molar-refractivity contribution in [2.45, 2.75) is 19.9 Å². The monoisotopic (exact) mass is 355 g/mol. The van der Waals surface area contributed by atoms with Crippen molar-refractivity contribution >= 4 is 16.7 Å². The Bertz CT molecular complexity index is 1090. The fourth-order valence-electron chi connectivity index (χ4n) is 3.50. The minimum atomic E-state index is 0.123. The van der Waals surface area contributed by atoms with Gasteiger partial charge in [-0.15, -0.1) is 0 Å². The van der Waals surface area contributed by atoms with Gasteiger partial charge in [-0.25, -0.2) is 0 Å². The van der Waals surface area contributed by atoms with E-state index in [0.29, 0.717) is 6.54 Å². The number of hydrogen-bond donors (Lipinski definition) is 0. The van der Waals surface area contributed by atoms with Crippen molar-refractivity contribution in [3.05, 3.63) is 102 Å². The summed E-state index contributed by atoms with van der Waals surface area (Å²) in [6, 6.07) is 20.4. The van der Waals surface area contributed by atoms with Crippen LogP contribution in [0.2, 0.25) is 0 Å². The molecule has 0 bridgehead atoms. The van der Waals surface area contributed by atoms with Crippen molar-refractivity contribution in [1.29, 1.82) is 0 Å². The second kappa shape index (κ2) is 7.20. The van der Waals surface area contributed by atoms with Crippen molar-refractivity contribution in [1.82, 2.24) is 4.57 Å². The zero-order chi connectivity index (χ0) is 18.8. The first kappa shape index (κ1) is 17.2. The molecule has 0 aliphatic heterocycles. The molecule has 0 N–H and O–H groups in total. The Balaban J connectivity index is 1.60. The molecule has 2 aromatic carbocycles. The number of hydrogen-bond acceptors (Lipinski definition) is 1. The summed E-state index contributed by atoms with van der Waals surface area (Å²) in [6.45, 7) is 2.37. The van der Waals surface area contributed by atoms with Crippen LogP contribution >= 0.6 is 0 Å². The zero-order valence-electron chi connectivity index (χ0n) is 15.7. The summed E-state index contributed by atoms with van der Waals surface area (Å²) in [4.78, 5) is 12.6. The summed E-state index contributed by atoms with van der Waals surface area (Å²) in [6.07, 6.45) is 7.16. The van der Waals surface area contributed by atoms with E-state index >= 15 is 0 Å². The molecular weight excluding hydrogens is 332 g/mol. The fraction of sp³-hybridized carbons (Fsp3) is 0.167. The maximum absolute atomic E-state index is 12.6. The lowest BCUT2D eigenvalue weighted by Crippen LogP contribution is -2.37. The van der Waals surface area contributed by atoms with E-state index in [0.717, 1.165) is 23.1 Å².